The fraction of sp³-hybridized carbons (Fsp3) is 0.140. The van der Waals surface area contributed by atoms with Crippen molar-refractivity contribution in [3.05, 3.63) is 163 Å². The molecule has 0 spiro atoms. The summed E-state index contributed by atoms with van der Waals surface area (Å²) in [4.78, 5) is 0. The molecule has 0 radical (unpaired) electrons. The van der Waals surface area contributed by atoms with Crippen molar-refractivity contribution in [2.45, 2.75) is 37.6 Å². The molecular weight excluding hydrogens is 530 g/mol. The predicted molar refractivity (Wildman–Crippen MR) is 183 cm³/mol. The average Bonchev–Trinajstić information content (AvgIpc) is 3.09. The van der Waals surface area contributed by atoms with Gasteiger partial charge in [0.25, 0.3) is 0 Å². The van der Waals surface area contributed by atoms with Gasteiger partial charge in [-0.25, -0.2) is 0 Å². The van der Waals surface area contributed by atoms with Crippen LogP contribution in [0.15, 0.2) is 158 Å². The molecule has 2 aliphatic rings. The summed E-state index contributed by atoms with van der Waals surface area (Å²) < 4.78 is 2.54. The molecule has 2 heterocycles. The van der Waals surface area contributed by atoms with Crippen LogP contribution in [0.25, 0.3) is 55.8 Å². The molecular formula is C43H36N+. The van der Waals surface area contributed by atoms with Gasteiger partial charge in [0.2, 0.25) is 5.69 Å². The van der Waals surface area contributed by atoms with Gasteiger partial charge in [-0.1, -0.05) is 117 Å². The van der Waals surface area contributed by atoms with Crippen LogP contribution in [0.1, 0.15) is 32.3 Å². The lowest BCUT2D eigenvalue weighted by molar-refractivity contribution is -0.759. The van der Waals surface area contributed by atoms with E-state index in [-0.39, 0.29) is 11.0 Å². The average molecular weight is 567 g/mol. The first-order valence-electron chi connectivity index (χ1n) is 15.9. The number of benzene rings is 5. The lowest BCUT2D eigenvalue weighted by Gasteiger charge is -2.52. The quantitative estimate of drug-likeness (QED) is 0.139. The molecule has 0 N–H and O–H groups in total. The number of hydrogen-bond acceptors (Lipinski definition) is 0. The lowest BCUT2D eigenvalue weighted by atomic mass is 9.52. The fourth-order valence-electron chi connectivity index (χ4n) is 7.89. The highest BCUT2D eigenvalue weighted by molar-refractivity contribution is 5.83. The van der Waals surface area contributed by atoms with Gasteiger partial charge in [-0.3, -0.25) is 0 Å². The first-order valence-corrected chi connectivity index (χ1v) is 15.9. The Bertz CT molecular complexity index is 1960. The van der Waals surface area contributed by atoms with Crippen LogP contribution in [-0.2, 0) is 11.0 Å². The van der Waals surface area contributed by atoms with Crippen LogP contribution < -0.4 is 4.57 Å². The fourth-order valence-corrected chi connectivity index (χ4v) is 7.89. The van der Waals surface area contributed by atoms with E-state index in [0.29, 0.717) is 0 Å². The summed E-state index contributed by atoms with van der Waals surface area (Å²) in [5.74, 6) is 0. The van der Waals surface area contributed by atoms with Crippen LogP contribution in [0.2, 0.25) is 0 Å². The number of fused-ring (bicyclic) bond motifs is 6. The van der Waals surface area contributed by atoms with Crippen molar-refractivity contribution in [2.24, 2.45) is 0 Å². The van der Waals surface area contributed by atoms with Gasteiger partial charge in [-0.15, -0.1) is 0 Å². The Morgan fingerprint density at radius 2 is 0.977 bits per heavy atom. The molecule has 0 saturated carbocycles. The smallest absolute Gasteiger partial charge is 0.188 e. The lowest BCUT2D eigenvalue weighted by Crippen LogP contribution is -2.72. The molecule has 0 saturated heterocycles. The molecule has 5 aromatic carbocycles. The highest BCUT2D eigenvalue weighted by Gasteiger charge is 2.64. The summed E-state index contributed by atoms with van der Waals surface area (Å²) in [6, 6.07) is 51.2. The molecule has 2 atom stereocenters. The van der Waals surface area contributed by atoms with E-state index in [9.17, 15) is 0 Å². The molecule has 44 heavy (non-hydrogen) atoms. The molecule has 0 amide bonds. The number of allylic oxidation sites excluding steroid dienone is 2. The molecule has 0 bridgehead atoms. The van der Waals surface area contributed by atoms with Crippen molar-refractivity contribution >= 4 is 0 Å². The SMILES string of the molecule is CCC12C=CC1(CC)[n+]1ccccc1-c1cc(-c3ccc(-c4cc(-c5ccccc5)cc(-c5ccccc5)c4)cc3)ccc12. The van der Waals surface area contributed by atoms with E-state index in [0.717, 1.165) is 12.8 Å². The van der Waals surface area contributed by atoms with Crippen molar-refractivity contribution < 1.29 is 4.57 Å². The third kappa shape index (κ3) is 3.89. The van der Waals surface area contributed by atoms with Gasteiger partial charge >= 0.3 is 0 Å². The third-order valence-electron chi connectivity index (χ3n) is 10.3. The summed E-state index contributed by atoms with van der Waals surface area (Å²) in [7, 11) is 0. The van der Waals surface area contributed by atoms with E-state index in [4.69, 9.17) is 0 Å². The Labute approximate surface area is 260 Å². The van der Waals surface area contributed by atoms with Gasteiger partial charge < -0.3 is 0 Å². The molecule has 8 rings (SSSR count). The zero-order valence-electron chi connectivity index (χ0n) is 25.4. The van der Waals surface area contributed by atoms with Gasteiger partial charge in [0.15, 0.2) is 11.7 Å². The highest BCUT2D eigenvalue weighted by atomic mass is 15.1. The van der Waals surface area contributed by atoms with Crippen molar-refractivity contribution in [2.75, 3.05) is 0 Å². The third-order valence-corrected chi connectivity index (χ3v) is 10.3. The molecule has 2 unspecified atom stereocenters. The summed E-state index contributed by atoms with van der Waals surface area (Å²) in [5.41, 5.74) is 14.0. The molecule has 6 aromatic rings. The summed E-state index contributed by atoms with van der Waals surface area (Å²) >= 11 is 0. The number of aromatic nitrogens is 1. The number of nitrogens with zero attached hydrogens (tertiary/aromatic N) is 1. The first-order chi connectivity index (χ1) is 21.7. The van der Waals surface area contributed by atoms with E-state index in [1.54, 1.807) is 0 Å². The van der Waals surface area contributed by atoms with E-state index in [1.165, 1.54) is 61.3 Å². The minimum atomic E-state index is 0.0153. The molecule has 1 aliphatic heterocycles. The van der Waals surface area contributed by atoms with E-state index < -0.39 is 0 Å². The van der Waals surface area contributed by atoms with Crippen LogP contribution in [-0.4, -0.2) is 0 Å². The minimum absolute atomic E-state index is 0.0153. The zero-order valence-corrected chi connectivity index (χ0v) is 25.4. The molecule has 1 aromatic heterocycles. The summed E-state index contributed by atoms with van der Waals surface area (Å²) in [5, 5.41) is 0. The Hall–Kier alpha value is -5.01. The minimum Gasteiger partial charge on any atom is -0.188 e. The largest absolute Gasteiger partial charge is 0.213 e. The van der Waals surface area contributed by atoms with Gasteiger partial charge in [0.05, 0.1) is 11.0 Å². The Kier molecular flexibility index (Phi) is 6.24. The summed E-state index contributed by atoms with van der Waals surface area (Å²) in [6.45, 7) is 4.67. The highest BCUT2D eigenvalue weighted by Crippen LogP contribution is 2.57. The zero-order chi connectivity index (χ0) is 29.7. The Balaban J connectivity index is 1.20. The molecule has 1 aliphatic carbocycles. The van der Waals surface area contributed by atoms with Crippen LogP contribution in [0.4, 0.5) is 0 Å². The predicted octanol–water partition coefficient (Wildman–Crippen LogP) is 10.6. The number of pyridine rings is 1. The van der Waals surface area contributed by atoms with E-state index in [2.05, 4.69) is 176 Å². The maximum Gasteiger partial charge on any atom is 0.213 e. The topological polar surface area (TPSA) is 3.88 Å². The summed E-state index contributed by atoms with van der Waals surface area (Å²) in [6.07, 6.45) is 9.35. The van der Waals surface area contributed by atoms with Crippen molar-refractivity contribution in [3.8, 4) is 55.8 Å². The second-order valence-corrected chi connectivity index (χ2v) is 12.3. The van der Waals surface area contributed by atoms with Crippen molar-refractivity contribution in [1.29, 1.82) is 0 Å². The van der Waals surface area contributed by atoms with Gasteiger partial charge in [0.1, 0.15) is 0 Å². The molecule has 1 nitrogen and oxygen atoms in total. The molecule has 212 valence electrons. The van der Waals surface area contributed by atoms with Crippen LogP contribution in [0.5, 0.6) is 0 Å². The Morgan fingerprint density at radius 3 is 1.50 bits per heavy atom. The van der Waals surface area contributed by atoms with Gasteiger partial charge in [0, 0.05) is 18.6 Å². The molecule has 0 fully saturated rings. The normalized spacial score (nSPS) is 19.4. The second kappa shape index (κ2) is 10.3. The van der Waals surface area contributed by atoms with Crippen LogP contribution in [0.3, 0.4) is 0 Å². The van der Waals surface area contributed by atoms with Crippen molar-refractivity contribution in [3.63, 3.8) is 0 Å². The monoisotopic (exact) mass is 566 g/mol. The van der Waals surface area contributed by atoms with Gasteiger partial charge in [-0.2, -0.15) is 4.57 Å². The maximum atomic E-state index is 2.54. The molecule has 1 heteroatoms. The second-order valence-electron chi connectivity index (χ2n) is 12.3. The number of rotatable bonds is 6. The van der Waals surface area contributed by atoms with Gasteiger partial charge in [-0.05, 0) is 92.9 Å². The standard InChI is InChI=1S/C43H36N/c1-3-42-24-25-43(42,4-2)44-26-12-11-17-41(44)39-30-35(22-23-40(39)42)33-18-20-34(21-19-33)38-28-36(31-13-7-5-8-14-31)27-37(29-38)32-15-9-6-10-16-32/h5-30H,3-4H2,1-2H3/q+1. The Morgan fingerprint density at radius 1 is 0.455 bits per heavy atom. The van der Waals surface area contributed by atoms with E-state index >= 15 is 0 Å². The first kappa shape index (κ1) is 26.6. The maximum absolute atomic E-state index is 2.54. The van der Waals surface area contributed by atoms with E-state index in [1.807, 2.05) is 0 Å². The van der Waals surface area contributed by atoms with Crippen LogP contribution >= 0.6 is 0 Å². The number of hydrogen-bond donors (Lipinski definition) is 0. The van der Waals surface area contributed by atoms with Crippen molar-refractivity contribution in [1.82, 2.24) is 0 Å². The van der Waals surface area contributed by atoms with Crippen LogP contribution in [0, 0.1) is 0 Å².